The van der Waals surface area contributed by atoms with Crippen molar-refractivity contribution in [3.05, 3.63) is 23.8 Å². The lowest BCUT2D eigenvalue weighted by molar-refractivity contribution is 0.0618. The Kier molecular flexibility index (Phi) is 7.02. The molecule has 0 saturated heterocycles. The highest BCUT2D eigenvalue weighted by atomic mass is 16.5. The molecule has 0 atom stereocenters. The molecule has 1 aromatic rings. The molecule has 1 rings (SSSR count). The van der Waals surface area contributed by atoms with Crippen LogP contribution >= 0.6 is 0 Å². The number of amides is 1. The lowest BCUT2D eigenvalue weighted by atomic mass is 10.1. The second kappa shape index (κ2) is 8.52. The van der Waals surface area contributed by atoms with Gasteiger partial charge in [-0.05, 0) is 31.9 Å². The Labute approximate surface area is 126 Å². The molecule has 0 aromatic heterocycles. The molecular formula is C16H26N2O3. The fraction of sp³-hybridized carbons (Fsp3) is 0.562. The van der Waals surface area contributed by atoms with Gasteiger partial charge in [-0.15, -0.1) is 0 Å². The maximum Gasteiger partial charge on any atom is 0.258 e. The number of rotatable bonds is 8. The van der Waals surface area contributed by atoms with E-state index >= 15 is 0 Å². The molecule has 0 heterocycles. The first kappa shape index (κ1) is 17.3. The smallest absolute Gasteiger partial charge is 0.258 e. The van der Waals surface area contributed by atoms with Crippen LogP contribution in [0.5, 0.6) is 5.75 Å². The summed E-state index contributed by atoms with van der Waals surface area (Å²) in [6.45, 7) is 6.62. The summed E-state index contributed by atoms with van der Waals surface area (Å²) in [5, 5.41) is 9.25. The van der Waals surface area contributed by atoms with Crippen LogP contribution in [0.2, 0.25) is 0 Å². The summed E-state index contributed by atoms with van der Waals surface area (Å²) in [7, 11) is 0. The topological polar surface area (TPSA) is 75.8 Å². The van der Waals surface area contributed by atoms with Crippen molar-refractivity contribution in [2.45, 2.75) is 39.7 Å². The van der Waals surface area contributed by atoms with Gasteiger partial charge in [0.15, 0.2) is 5.75 Å². The first-order valence-corrected chi connectivity index (χ1v) is 7.53. The molecule has 3 N–H and O–H groups in total. The summed E-state index contributed by atoms with van der Waals surface area (Å²) < 4.78 is 5.53. The van der Waals surface area contributed by atoms with E-state index in [4.69, 9.17) is 10.5 Å². The number of anilines is 1. The van der Waals surface area contributed by atoms with Crippen molar-refractivity contribution in [3.8, 4) is 5.75 Å². The van der Waals surface area contributed by atoms with Crippen molar-refractivity contribution in [2.75, 3.05) is 25.5 Å². The first-order chi connectivity index (χ1) is 10.1. The molecule has 0 unspecified atom stereocenters. The number of aliphatic hydroxyl groups excluding tert-OH is 1. The van der Waals surface area contributed by atoms with Gasteiger partial charge in [-0.1, -0.05) is 19.9 Å². The molecule has 0 spiro atoms. The predicted octanol–water partition coefficient (Wildman–Crippen LogP) is 2.29. The van der Waals surface area contributed by atoms with E-state index in [2.05, 4.69) is 0 Å². The third-order valence-electron chi connectivity index (χ3n) is 3.55. The molecule has 0 bridgehead atoms. The SMILES string of the molecule is CCOc1c(N)cccc1C(=O)N(CCO)C(CC)CC. The summed E-state index contributed by atoms with van der Waals surface area (Å²) in [5.41, 5.74) is 6.83. The van der Waals surface area contributed by atoms with Gasteiger partial charge in [0.2, 0.25) is 0 Å². The van der Waals surface area contributed by atoms with E-state index in [1.54, 1.807) is 23.1 Å². The number of ether oxygens (including phenoxy) is 1. The van der Waals surface area contributed by atoms with Crippen LogP contribution in [0.1, 0.15) is 44.0 Å². The number of nitrogens with two attached hydrogens (primary N) is 1. The second-order valence-electron chi connectivity index (χ2n) is 4.85. The van der Waals surface area contributed by atoms with Crippen molar-refractivity contribution in [1.29, 1.82) is 0 Å². The van der Waals surface area contributed by atoms with E-state index in [9.17, 15) is 9.90 Å². The fourth-order valence-electron chi connectivity index (χ4n) is 2.47. The molecular weight excluding hydrogens is 268 g/mol. The van der Waals surface area contributed by atoms with Gasteiger partial charge >= 0.3 is 0 Å². The molecule has 0 aliphatic rings. The molecule has 118 valence electrons. The van der Waals surface area contributed by atoms with Gasteiger partial charge in [-0.2, -0.15) is 0 Å². The summed E-state index contributed by atoms with van der Waals surface area (Å²) in [5.74, 6) is 0.285. The summed E-state index contributed by atoms with van der Waals surface area (Å²) in [4.78, 5) is 14.5. The Balaban J connectivity index is 3.17. The van der Waals surface area contributed by atoms with Crippen LogP contribution < -0.4 is 10.5 Å². The zero-order chi connectivity index (χ0) is 15.8. The minimum Gasteiger partial charge on any atom is -0.491 e. The molecule has 1 aromatic carbocycles. The Bertz CT molecular complexity index is 459. The van der Waals surface area contributed by atoms with Crippen LogP contribution in [-0.2, 0) is 0 Å². The van der Waals surface area contributed by atoms with Gasteiger partial charge in [-0.3, -0.25) is 4.79 Å². The van der Waals surface area contributed by atoms with E-state index in [0.717, 1.165) is 12.8 Å². The lowest BCUT2D eigenvalue weighted by Crippen LogP contribution is -2.41. The summed E-state index contributed by atoms with van der Waals surface area (Å²) in [6.07, 6.45) is 1.68. The van der Waals surface area contributed by atoms with Crippen molar-refractivity contribution in [1.82, 2.24) is 4.90 Å². The molecule has 0 aliphatic carbocycles. The van der Waals surface area contributed by atoms with Gasteiger partial charge in [0, 0.05) is 12.6 Å². The molecule has 5 nitrogen and oxygen atoms in total. The second-order valence-corrected chi connectivity index (χ2v) is 4.85. The van der Waals surface area contributed by atoms with E-state index in [-0.39, 0.29) is 18.6 Å². The summed E-state index contributed by atoms with van der Waals surface area (Å²) in [6, 6.07) is 5.28. The first-order valence-electron chi connectivity index (χ1n) is 7.53. The van der Waals surface area contributed by atoms with Crippen LogP contribution in [0.4, 0.5) is 5.69 Å². The maximum atomic E-state index is 12.8. The number of nitrogens with zero attached hydrogens (tertiary/aromatic N) is 1. The normalized spacial score (nSPS) is 10.7. The number of benzene rings is 1. The zero-order valence-electron chi connectivity index (χ0n) is 13.1. The number of carbonyl (C=O) groups is 1. The molecule has 0 radical (unpaired) electrons. The Morgan fingerprint density at radius 3 is 2.52 bits per heavy atom. The Morgan fingerprint density at radius 2 is 2.00 bits per heavy atom. The number of hydrogen-bond donors (Lipinski definition) is 2. The number of carbonyl (C=O) groups excluding carboxylic acids is 1. The predicted molar refractivity (Wildman–Crippen MR) is 84.5 cm³/mol. The molecule has 0 aliphatic heterocycles. The number of nitrogen functional groups attached to an aromatic ring is 1. The van der Waals surface area contributed by atoms with Gasteiger partial charge in [0.05, 0.1) is 24.5 Å². The van der Waals surface area contributed by atoms with Crippen molar-refractivity contribution < 1.29 is 14.6 Å². The van der Waals surface area contributed by atoms with Crippen LogP contribution in [0.25, 0.3) is 0 Å². The highest BCUT2D eigenvalue weighted by Crippen LogP contribution is 2.28. The lowest BCUT2D eigenvalue weighted by Gasteiger charge is -2.30. The number of hydrogen-bond acceptors (Lipinski definition) is 4. The van der Waals surface area contributed by atoms with Crippen molar-refractivity contribution >= 4 is 11.6 Å². The van der Waals surface area contributed by atoms with Crippen LogP contribution in [-0.4, -0.2) is 41.7 Å². The Hall–Kier alpha value is -1.75. The third-order valence-corrected chi connectivity index (χ3v) is 3.55. The van der Waals surface area contributed by atoms with Gasteiger partial charge in [-0.25, -0.2) is 0 Å². The van der Waals surface area contributed by atoms with E-state index in [1.807, 2.05) is 20.8 Å². The highest BCUT2D eigenvalue weighted by Gasteiger charge is 2.25. The van der Waals surface area contributed by atoms with Crippen LogP contribution in [0, 0.1) is 0 Å². The van der Waals surface area contributed by atoms with Gasteiger partial charge in [0.1, 0.15) is 0 Å². The van der Waals surface area contributed by atoms with Crippen LogP contribution in [0.3, 0.4) is 0 Å². The zero-order valence-corrected chi connectivity index (χ0v) is 13.1. The van der Waals surface area contributed by atoms with Gasteiger partial charge < -0.3 is 20.5 Å². The number of para-hydroxylation sites is 1. The fourth-order valence-corrected chi connectivity index (χ4v) is 2.47. The summed E-state index contributed by atoms with van der Waals surface area (Å²) >= 11 is 0. The quantitative estimate of drug-likeness (QED) is 0.721. The van der Waals surface area contributed by atoms with E-state index in [1.165, 1.54) is 0 Å². The molecule has 0 saturated carbocycles. The highest BCUT2D eigenvalue weighted by molar-refractivity contribution is 5.98. The van der Waals surface area contributed by atoms with Crippen LogP contribution in [0.15, 0.2) is 18.2 Å². The standard InChI is InChI=1S/C16H26N2O3/c1-4-12(5-2)18(10-11-19)16(20)13-8-7-9-14(17)15(13)21-6-3/h7-9,12,19H,4-6,10-11,17H2,1-3H3. The minimum absolute atomic E-state index is 0.0610. The van der Waals surface area contributed by atoms with E-state index in [0.29, 0.717) is 30.2 Å². The average Bonchev–Trinajstić information content (AvgIpc) is 2.49. The Morgan fingerprint density at radius 1 is 1.33 bits per heavy atom. The average molecular weight is 294 g/mol. The molecule has 1 amide bonds. The molecule has 21 heavy (non-hydrogen) atoms. The third kappa shape index (κ3) is 4.11. The van der Waals surface area contributed by atoms with Crippen molar-refractivity contribution in [3.63, 3.8) is 0 Å². The number of aliphatic hydroxyl groups is 1. The van der Waals surface area contributed by atoms with E-state index < -0.39 is 0 Å². The minimum atomic E-state index is -0.145. The van der Waals surface area contributed by atoms with Gasteiger partial charge in [0.25, 0.3) is 5.91 Å². The molecule has 5 heteroatoms. The largest absolute Gasteiger partial charge is 0.491 e. The molecule has 0 fully saturated rings. The maximum absolute atomic E-state index is 12.8. The van der Waals surface area contributed by atoms with Crippen molar-refractivity contribution in [2.24, 2.45) is 0 Å². The monoisotopic (exact) mass is 294 g/mol.